The Morgan fingerprint density at radius 1 is 1.38 bits per heavy atom. The van der Waals surface area contributed by atoms with Crippen molar-refractivity contribution < 1.29 is 4.74 Å². The normalized spacial score (nSPS) is 10.8. The van der Waals surface area contributed by atoms with Crippen LogP contribution in [0.2, 0.25) is 0 Å². The largest absolute Gasteiger partial charge is 0.476 e. The van der Waals surface area contributed by atoms with E-state index in [0.29, 0.717) is 18.4 Å². The predicted molar refractivity (Wildman–Crippen MR) is 64.9 cm³/mol. The lowest BCUT2D eigenvalue weighted by atomic mass is 10.2. The summed E-state index contributed by atoms with van der Waals surface area (Å²) in [5, 5.41) is 3.20. The highest BCUT2D eigenvalue weighted by Gasteiger charge is 2.06. The Morgan fingerprint density at radius 3 is 2.75 bits per heavy atom. The molecule has 0 saturated heterocycles. The van der Waals surface area contributed by atoms with Crippen molar-refractivity contribution in [2.45, 2.75) is 33.6 Å². The smallest absolute Gasteiger partial charge is 0.216 e. The maximum Gasteiger partial charge on any atom is 0.216 e. The number of hydrogen-bond donors (Lipinski definition) is 1. The molecule has 4 heteroatoms. The Hall–Kier alpha value is -1.16. The summed E-state index contributed by atoms with van der Waals surface area (Å²) in [6.45, 7) is 10.6. The van der Waals surface area contributed by atoms with Gasteiger partial charge in [-0.05, 0) is 13.5 Å². The van der Waals surface area contributed by atoms with Crippen LogP contribution < -0.4 is 10.1 Å². The summed E-state index contributed by atoms with van der Waals surface area (Å²) in [6, 6.07) is 1.87. The lowest BCUT2D eigenvalue weighted by molar-refractivity contribution is 0.301. The lowest BCUT2D eigenvalue weighted by Crippen LogP contribution is -2.20. The van der Waals surface area contributed by atoms with Crippen LogP contribution >= 0.6 is 0 Å². The first kappa shape index (κ1) is 12.9. The second-order valence-corrected chi connectivity index (χ2v) is 4.06. The quantitative estimate of drug-likeness (QED) is 0.748. The standard InChI is InChI=1S/C12H21N3O/c1-5-13-6-7-16-11-8-10(4)14-12(15-11)9(2)3/h8-9,13H,5-7H2,1-4H3. The zero-order valence-corrected chi connectivity index (χ0v) is 10.6. The number of nitrogens with one attached hydrogen (secondary N) is 1. The highest BCUT2D eigenvalue weighted by Crippen LogP contribution is 2.14. The van der Waals surface area contributed by atoms with Crippen molar-refractivity contribution in [3.63, 3.8) is 0 Å². The molecule has 0 aliphatic heterocycles. The van der Waals surface area contributed by atoms with Crippen molar-refractivity contribution in [2.24, 2.45) is 0 Å². The van der Waals surface area contributed by atoms with E-state index in [2.05, 4.69) is 36.1 Å². The number of rotatable bonds is 6. The van der Waals surface area contributed by atoms with E-state index in [-0.39, 0.29) is 0 Å². The molecular formula is C12H21N3O. The number of likely N-dealkylation sites (N-methyl/N-ethyl adjacent to an activating group) is 1. The summed E-state index contributed by atoms with van der Waals surface area (Å²) in [6.07, 6.45) is 0. The van der Waals surface area contributed by atoms with E-state index in [9.17, 15) is 0 Å². The molecule has 1 aromatic rings. The van der Waals surface area contributed by atoms with Gasteiger partial charge in [0.25, 0.3) is 0 Å². The van der Waals surface area contributed by atoms with Crippen molar-refractivity contribution >= 4 is 0 Å². The average molecular weight is 223 g/mol. The first-order chi connectivity index (χ1) is 7.63. The molecule has 0 amide bonds. The van der Waals surface area contributed by atoms with Crippen molar-refractivity contribution in [3.05, 3.63) is 17.6 Å². The molecule has 4 nitrogen and oxygen atoms in total. The van der Waals surface area contributed by atoms with Gasteiger partial charge in [0, 0.05) is 24.2 Å². The van der Waals surface area contributed by atoms with E-state index in [4.69, 9.17) is 4.74 Å². The molecule has 1 heterocycles. The number of aromatic nitrogens is 2. The third-order valence-corrected chi connectivity index (χ3v) is 2.14. The molecule has 1 N–H and O–H groups in total. The Labute approximate surface area is 97.5 Å². The van der Waals surface area contributed by atoms with E-state index in [1.807, 2.05) is 13.0 Å². The van der Waals surface area contributed by atoms with Gasteiger partial charge < -0.3 is 10.1 Å². The van der Waals surface area contributed by atoms with Gasteiger partial charge in [0.05, 0.1) is 0 Å². The minimum atomic E-state index is 0.330. The molecule has 0 aliphatic rings. The highest BCUT2D eigenvalue weighted by atomic mass is 16.5. The lowest BCUT2D eigenvalue weighted by Gasteiger charge is -2.09. The van der Waals surface area contributed by atoms with Gasteiger partial charge in [-0.15, -0.1) is 0 Å². The molecule has 0 atom stereocenters. The third-order valence-electron chi connectivity index (χ3n) is 2.14. The third kappa shape index (κ3) is 4.14. The zero-order valence-electron chi connectivity index (χ0n) is 10.6. The minimum absolute atomic E-state index is 0.330. The van der Waals surface area contributed by atoms with Crippen molar-refractivity contribution in [1.29, 1.82) is 0 Å². The zero-order chi connectivity index (χ0) is 12.0. The Kier molecular flexibility index (Phi) is 5.19. The molecule has 0 unspecified atom stereocenters. The van der Waals surface area contributed by atoms with E-state index in [0.717, 1.165) is 24.6 Å². The SMILES string of the molecule is CCNCCOc1cc(C)nc(C(C)C)n1. The number of hydrogen-bond acceptors (Lipinski definition) is 4. The average Bonchev–Trinajstić information content (AvgIpc) is 2.23. The van der Waals surface area contributed by atoms with Crippen LogP contribution in [0.25, 0.3) is 0 Å². The molecule has 0 radical (unpaired) electrons. The van der Waals surface area contributed by atoms with Crippen LogP contribution in [0.1, 0.15) is 38.2 Å². The summed E-state index contributed by atoms with van der Waals surface area (Å²) in [4.78, 5) is 8.74. The van der Waals surface area contributed by atoms with Gasteiger partial charge in [-0.1, -0.05) is 20.8 Å². The van der Waals surface area contributed by atoms with Crippen LogP contribution in [0.5, 0.6) is 5.88 Å². The first-order valence-corrected chi connectivity index (χ1v) is 5.82. The van der Waals surface area contributed by atoms with Crippen molar-refractivity contribution in [1.82, 2.24) is 15.3 Å². The van der Waals surface area contributed by atoms with E-state index in [1.54, 1.807) is 0 Å². The fourth-order valence-electron chi connectivity index (χ4n) is 1.30. The molecule has 0 saturated carbocycles. The molecule has 0 aliphatic carbocycles. The van der Waals surface area contributed by atoms with Gasteiger partial charge in [0.2, 0.25) is 5.88 Å². The predicted octanol–water partition coefficient (Wildman–Crippen LogP) is 1.90. The molecular weight excluding hydrogens is 202 g/mol. The maximum absolute atomic E-state index is 5.57. The summed E-state index contributed by atoms with van der Waals surface area (Å²) >= 11 is 0. The Balaban J connectivity index is 2.58. The van der Waals surface area contributed by atoms with Gasteiger partial charge in [-0.3, -0.25) is 0 Å². The summed E-state index contributed by atoms with van der Waals surface area (Å²) in [7, 11) is 0. The maximum atomic E-state index is 5.57. The van der Waals surface area contributed by atoms with Gasteiger partial charge in [-0.25, -0.2) is 4.98 Å². The molecule has 90 valence electrons. The molecule has 0 spiro atoms. The van der Waals surface area contributed by atoms with Crippen molar-refractivity contribution in [2.75, 3.05) is 19.7 Å². The van der Waals surface area contributed by atoms with Crippen LogP contribution in [0.4, 0.5) is 0 Å². The summed E-state index contributed by atoms with van der Waals surface area (Å²) in [5.74, 6) is 1.85. The van der Waals surface area contributed by atoms with E-state index in [1.165, 1.54) is 0 Å². The van der Waals surface area contributed by atoms with Gasteiger partial charge >= 0.3 is 0 Å². The molecule has 0 aromatic carbocycles. The highest BCUT2D eigenvalue weighted by molar-refractivity contribution is 5.16. The minimum Gasteiger partial charge on any atom is -0.476 e. The van der Waals surface area contributed by atoms with Crippen LogP contribution in [0.15, 0.2) is 6.07 Å². The van der Waals surface area contributed by atoms with Crippen LogP contribution in [-0.2, 0) is 0 Å². The fourth-order valence-corrected chi connectivity index (χ4v) is 1.30. The van der Waals surface area contributed by atoms with E-state index >= 15 is 0 Å². The van der Waals surface area contributed by atoms with Gasteiger partial charge in [0.15, 0.2) is 0 Å². The van der Waals surface area contributed by atoms with Gasteiger partial charge in [0.1, 0.15) is 12.4 Å². The molecule has 16 heavy (non-hydrogen) atoms. The monoisotopic (exact) mass is 223 g/mol. The van der Waals surface area contributed by atoms with E-state index < -0.39 is 0 Å². The Bertz CT molecular complexity index is 326. The number of ether oxygens (including phenoxy) is 1. The second-order valence-electron chi connectivity index (χ2n) is 4.06. The first-order valence-electron chi connectivity index (χ1n) is 5.82. The molecule has 1 aromatic heterocycles. The fraction of sp³-hybridized carbons (Fsp3) is 0.667. The molecule has 0 bridgehead atoms. The van der Waals surface area contributed by atoms with Crippen LogP contribution in [0.3, 0.4) is 0 Å². The van der Waals surface area contributed by atoms with Crippen molar-refractivity contribution in [3.8, 4) is 5.88 Å². The number of aryl methyl sites for hydroxylation is 1. The molecule has 0 fully saturated rings. The summed E-state index contributed by atoms with van der Waals surface area (Å²) in [5.41, 5.74) is 0.956. The van der Waals surface area contributed by atoms with Gasteiger partial charge in [-0.2, -0.15) is 4.98 Å². The Morgan fingerprint density at radius 2 is 2.12 bits per heavy atom. The summed E-state index contributed by atoms with van der Waals surface area (Å²) < 4.78 is 5.57. The molecule has 1 rings (SSSR count). The van der Waals surface area contributed by atoms with Crippen LogP contribution in [0, 0.1) is 6.92 Å². The topological polar surface area (TPSA) is 47.0 Å². The second kappa shape index (κ2) is 6.43. The van der Waals surface area contributed by atoms with Crippen LogP contribution in [-0.4, -0.2) is 29.7 Å². The number of nitrogens with zero attached hydrogens (tertiary/aromatic N) is 2.